The molecular weight excluding hydrogens is 845 g/mol. The van der Waals surface area contributed by atoms with Gasteiger partial charge in [0.15, 0.2) is 0 Å². The quantitative estimate of drug-likeness (QED) is 0.140. The lowest BCUT2D eigenvalue weighted by atomic mass is 9.92. The van der Waals surface area contributed by atoms with Crippen molar-refractivity contribution in [2.24, 2.45) is 0 Å². The van der Waals surface area contributed by atoms with E-state index in [0.29, 0.717) is 0 Å². The summed E-state index contributed by atoms with van der Waals surface area (Å²) in [5, 5.41) is 7.41. The third-order valence-electron chi connectivity index (χ3n) is 14.0. The van der Waals surface area contributed by atoms with Gasteiger partial charge < -0.3 is 9.47 Å². The topological polar surface area (TPSA) is 8.17 Å². The summed E-state index contributed by atoms with van der Waals surface area (Å²) in [5.41, 5.74) is 18.6. The van der Waals surface area contributed by atoms with E-state index in [0.717, 1.165) is 45.0 Å². The van der Waals surface area contributed by atoms with Crippen LogP contribution in [0.5, 0.6) is 0 Å². The first-order valence-electron chi connectivity index (χ1n) is 24.1. The second kappa shape index (κ2) is 17.4. The Morgan fingerprint density at radius 3 is 1.26 bits per heavy atom. The Hall–Kier alpha value is -9.24. The normalized spacial score (nSPS) is 11.4. The van der Waals surface area contributed by atoms with Gasteiger partial charge in [-0.2, -0.15) is 0 Å². The summed E-state index contributed by atoms with van der Waals surface area (Å²) in [5.74, 6) is 0. The van der Waals surface area contributed by atoms with Gasteiger partial charge in [-0.3, -0.25) is 0 Å². The minimum Gasteiger partial charge on any atom is -0.310 e. The van der Waals surface area contributed by atoms with Gasteiger partial charge >= 0.3 is 0 Å². The molecule has 2 heteroatoms. The zero-order chi connectivity index (χ0) is 46.4. The predicted octanol–water partition coefficient (Wildman–Crippen LogP) is 18.9. The molecule has 1 aromatic heterocycles. The van der Waals surface area contributed by atoms with Gasteiger partial charge in [0.05, 0.1) is 16.7 Å². The van der Waals surface area contributed by atoms with Crippen LogP contribution in [-0.4, -0.2) is 4.57 Å². The van der Waals surface area contributed by atoms with Crippen LogP contribution >= 0.6 is 0 Å². The first-order chi connectivity index (χ1) is 34.7. The van der Waals surface area contributed by atoms with Crippen LogP contribution in [0.3, 0.4) is 0 Å². The molecule has 0 saturated carbocycles. The standard InChI is InChI=1S/C68H46N2/c1-2-15-47(16-3-1)48-31-33-49(34-32-48)50-35-40-56(41-36-50)69(57-42-37-51(38-43-57)54-21-12-22-58(45-54)70-66-29-10-8-25-63(66)64-26-9-11-30-67(64)70)68-46-55(61-27-13-19-52-17-4-6-23-59(52)61)39-44-65(68)62-28-14-20-53-18-5-7-24-60(53)62/h1-46H. The molecular formula is C68H46N2. The Bertz CT molecular complexity index is 3970. The van der Waals surface area contributed by atoms with E-state index in [-0.39, 0.29) is 0 Å². The number of nitrogens with zero attached hydrogens (tertiary/aromatic N) is 2. The summed E-state index contributed by atoms with van der Waals surface area (Å²) in [7, 11) is 0. The fourth-order valence-corrected chi connectivity index (χ4v) is 10.6. The highest BCUT2D eigenvalue weighted by atomic mass is 15.1. The molecule has 0 unspecified atom stereocenters. The smallest absolute Gasteiger partial charge is 0.0546 e. The lowest BCUT2D eigenvalue weighted by Gasteiger charge is -2.29. The van der Waals surface area contributed by atoms with Gasteiger partial charge in [0.25, 0.3) is 0 Å². The summed E-state index contributed by atoms with van der Waals surface area (Å²) in [6.45, 7) is 0. The zero-order valence-corrected chi connectivity index (χ0v) is 38.5. The Morgan fingerprint density at radius 1 is 0.243 bits per heavy atom. The fraction of sp³-hybridized carbons (Fsp3) is 0. The Balaban J connectivity index is 0.968. The van der Waals surface area contributed by atoms with E-state index in [1.807, 2.05) is 0 Å². The fourth-order valence-electron chi connectivity index (χ4n) is 10.6. The molecule has 0 bridgehead atoms. The van der Waals surface area contributed by atoms with E-state index in [9.17, 15) is 0 Å². The van der Waals surface area contributed by atoms with Gasteiger partial charge in [-0.1, -0.05) is 224 Å². The summed E-state index contributed by atoms with van der Waals surface area (Å²) in [6, 6.07) is 102. The average molecular weight is 891 g/mol. The van der Waals surface area contributed by atoms with E-state index in [4.69, 9.17) is 0 Å². The summed E-state index contributed by atoms with van der Waals surface area (Å²) in [6.07, 6.45) is 0. The maximum atomic E-state index is 2.45. The maximum Gasteiger partial charge on any atom is 0.0546 e. The zero-order valence-electron chi connectivity index (χ0n) is 38.5. The number of para-hydroxylation sites is 2. The minimum atomic E-state index is 1.07. The van der Waals surface area contributed by atoms with Crippen molar-refractivity contribution in [2.75, 3.05) is 4.90 Å². The van der Waals surface area contributed by atoms with E-state index in [1.54, 1.807) is 0 Å². The molecule has 0 atom stereocenters. The predicted molar refractivity (Wildman–Crippen MR) is 298 cm³/mol. The second-order valence-electron chi connectivity index (χ2n) is 18.1. The van der Waals surface area contributed by atoms with Gasteiger partial charge in [0.1, 0.15) is 0 Å². The molecule has 0 aliphatic heterocycles. The van der Waals surface area contributed by atoms with Crippen molar-refractivity contribution in [1.29, 1.82) is 0 Å². The van der Waals surface area contributed by atoms with E-state index in [1.165, 1.54) is 76.7 Å². The number of anilines is 3. The molecule has 0 spiro atoms. The van der Waals surface area contributed by atoms with Gasteiger partial charge in [-0.05, 0) is 126 Å². The van der Waals surface area contributed by atoms with Gasteiger partial charge in [-0.15, -0.1) is 0 Å². The summed E-state index contributed by atoms with van der Waals surface area (Å²) < 4.78 is 2.39. The number of aromatic nitrogens is 1. The van der Waals surface area contributed by atoms with Crippen molar-refractivity contribution < 1.29 is 0 Å². The third-order valence-corrected chi connectivity index (χ3v) is 14.0. The van der Waals surface area contributed by atoms with Crippen molar-refractivity contribution in [3.63, 3.8) is 0 Å². The Kier molecular flexibility index (Phi) is 10.2. The first kappa shape index (κ1) is 41.0. The molecule has 13 rings (SSSR count). The molecule has 13 aromatic rings. The molecule has 0 fully saturated rings. The van der Waals surface area contributed by atoms with E-state index in [2.05, 4.69) is 289 Å². The molecule has 328 valence electrons. The molecule has 1 heterocycles. The SMILES string of the molecule is c1ccc(-c2ccc(-c3ccc(N(c4ccc(-c5cccc(-n6c7ccccc7c7ccccc76)c5)cc4)c4cc(-c5cccc6ccccc56)ccc4-c4cccc5ccccc45)cc3)cc2)cc1. The molecule has 12 aromatic carbocycles. The molecule has 0 aliphatic rings. The van der Waals surface area contributed by atoms with E-state index >= 15 is 0 Å². The summed E-state index contributed by atoms with van der Waals surface area (Å²) >= 11 is 0. The highest BCUT2D eigenvalue weighted by Gasteiger charge is 2.21. The van der Waals surface area contributed by atoms with Gasteiger partial charge in [-0.25, -0.2) is 0 Å². The Labute approximate surface area is 408 Å². The highest BCUT2D eigenvalue weighted by molar-refractivity contribution is 6.09. The van der Waals surface area contributed by atoms with Crippen LogP contribution in [0, 0.1) is 0 Å². The third kappa shape index (κ3) is 7.31. The molecule has 0 radical (unpaired) electrons. The number of hydrogen-bond acceptors (Lipinski definition) is 1. The van der Waals surface area contributed by atoms with Crippen LogP contribution in [-0.2, 0) is 0 Å². The molecule has 0 aliphatic carbocycles. The van der Waals surface area contributed by atoms with Crippen molar-refractivity contribution in [1.82, 2.24) is 4.57 Å². The number of benzene rings is 12. The van der Waals surface area contributed by atoms with Crippen LogP contribution in [0.2, 0.25) is 0 Å². The van der Waals surface area contributed by atoms with Crippen LogP contribution in [0.15, 0.2) is 279 Å². The maximum absolute atomic E-state index is 2.45. The second-order valence-corrected chi connectivity index (χ2v) is 18.1. The molecule has 0 amide bonds. The van der Waals surface area contributed by atoms with Gasteiger partial charge in [0, 0.05) is 33.4 Å². The van der Waals surface area contributed by atoms with Crippen LogP contribution in [0.1, 0.15) is 0 Å². The van der Waals surface area contributed by atoms with Crippen molar-refractivity contribution in [3.05, 3.63) is 279 Å². The number of rotatable bonds is 9. The molecule has 0 saturated heterocycles. The largest absolute Gasteiger partial charge is 0.310 e. The summed E-state index contributed by atoms with van der Waals surface area (Å²) in [4.78, 5) is 2.45. The lowest BCUT2D eigenvalue weighted by Crippen LogP contribution is -2.11. The molecule has 70 heavy (non-hydrogen) atoms. The van der Waals surface area contributed by atoms with Crippen LogP contribution < -0.4 is 4.90 Å². The molecule has 0 N–H and O–H groups in total. The van der Waals surface area contributed by atoms with Crippen LogP contribution in [0.25, 0.3) is 105 Å². The van der Waals surface area contributed by atoms with Crippen molar-refractivity contribution in [2.45, 2.75) is 0 Å². The lowest BCUT2D eigenvalue weighted by molar-refractivity contribution is 1.18. The monoisotopic (exact) mass is 890 g/mol. The van der Waals surface area contributed by atoms with Crippen molar-refractivity contribution in [3.8, 4) is 61.3 Å². The van der Waals surface area contributed by atoms with Gasteiger partial charge in [0.2, 0.25) is 0 Å². The van der Waals surface area contributed by atoms with Crippen LogP contribution in [0.4, 0.5) is 17.1 Å². The van der Waals surface area contributed by atoms with E-state index < -0.39 is 0 Å². The Morgan fingerprint density at radius 2 is 0.657 bits per heavy atom. The number of fused-ring (bicyclic) bond motifs is 5. The first-order valence-corrected chi connectivity index (χ1v) is 24.1. The highest BCUT2D eigenvalue weighted by Crippen LogP contribution is 2.46. The van der Waals surface area contributed by atoms with Crippen molar-refractivity contribution >= 4 is 60.4 Å². The number of hydrogen-bond donors (Lipinski definition) is 0. The average Bonchev–Trinajstić information content (AvgIpc) is 3.78. The molecule has 2 nitrogen and oxygen atoms in total. The minimum absolute atomic E-state index is 1.07.